The topological polar surface area (TPSA) is 64.6 Å². The zero-order valence-electron chi connectivity index (χ0n) is 18.4. The molecule has 0 fully saturated rings. The van der Waals surface area contributed by atoms with Crippen LogP contribution in [0.2, 0.25) is 0 Å². The molecular weight excluding hydrogens is 378 g/mol. The summed E-state index contributed by atoms with van der Waals surface area (Å²) in [6.45, 7) is 9.53. The van der Waals surface area contributed by atoms with Gasteiger partial charge in [-0.3, -0.25) is 0 Å². The van der Waals surface area contributed by atoms with Gasteiger partial charge in [0.05, 0.1) is 0 Å². The van der Waals surface area contributed by atoms with Crippen LogP contribution in [0.4, 0.5) is 4.79 Å². The van der Waals surface area contributed by atoms with Crippen molar-refractivity contribution >= 4 is 12.1 Å². The van der Waals surface area contributed by atoms with E-state index in [-0.39, 0.29) is 18.4 Å². The molecule has 0 aromatic heterocycles. The molecule has 0 bridgehead atoms. The second-order valence-corrected chi connectivity index (χ2v) is 8.87. The molecule has 1 N–H and O–H groups in total. The number of benzene rings is 2. The fourth-order valence-corrected chi connectivity index (χ4v) is 3.80. The highest BCUT2D eigenvalue weighted by Crippen LogP contribution is 2.44. The number of hydrogen-bond donors (Lipinski definition) is 1. The molecule has 30 heavy (non-hydrogen) atoms. The maximum absolute atomic E-state index is 12.6. The molecule has 1 aliphatic carbocycles. The van der Waals surface area contributed by atoms with Crippen LogP contribution >= 0.6 is 0 Å². The van der Waals surface area contributed by atoms with Gasteiger partial charge in [0.2, 0.25) is 0 Å². The molecule has 3 rings (SSSR count). The maximum Gasteiger partial charge on any atom is 0.407 e. The van der Waals surface area contributed by atoms with E-state index in [1.807, 2.05) is 58.9 Å². The maximum atomic E-state index is 12.6. The summed E-state index contributed by atoms with van der Waals surface area (Å²) in [4.78, 5) is 25.2. The van der Waals surface area contributed by atoms with Gasteiger partial charge in [0, 0.05) is 5.92 Å². The lowest BCUT2D eigenvalue weighted by Gasteiger charge is -2.27. The number of fused-ring (bicyclic) bond motifs is 3. The predicted octanol–water partition coefficient (Wildman–Crippen LogP) is 5.28. The van der Waals surface area contributed by atoms with Crippen molar-refractivity contribution in [2.75, 3.05) is 6.61 Å². The molecule has 2 aromatic carbocycles. The Balaban J connectivity index is 1.69. The molecule has 5 heteroatoms. The lowest BCUT2D eigenvalue weighted by Crippen LogP contribution is -2.48. The lowest BCUT2D eigenvalue weighted by molar-refractivity contribution is -0.158. The first-order chi connectivity index (χ1) is 14.2. The summed E-state index contributed by atoms with van der Waals surface area (Å²) >= 11 is 0. The first-order valence-electron chi connectivity index (χ1n) is 10.6. The van der Waals surface area contributed by atoms with Gasteiger partial charge in [-0.05, 0) is 48.9 Å². The van der Waals surface area contributed by atoms with Gasteiger partial charge >= 0.3 is 12.1 Å². The van der Waals surface area contributed by atoms with Crippen LogP contribution in [0.25, 0.3) is 11.1 Å². The molecule has 0 saturated heterocycles. The molecule has 5 nitrogen and oxygen atoms in total. The first kappa shape index (κ1) is 21.9. The Morgan fingerprint density at radius 3 is 2.03 bits per heavy atom. The Labute approximate surface area is 178 Å². The highest BCUT2D eigenvalue weighted by atomic mass is 16.6. The normalized spacial score (nSPS) is 15.0. The van der Waals surface area contributed by atoms with Crippen molar-refractivity contribution in [3.63, 3.8) is 0 Å². The monoisotopic (exact) mass is 409 g/mol. The smallest absolute Gasteiger partial charge is 0.407 e. The number of nitrogens with one attached hydrogen (secondary N) is 1. The van der Waals surface area contributed by atoms with Gasteiger partial charge in [-0.1, -0.05) is 68.8 Å². The standard InChI is InChI=1S/C25H31NO4/c1-6-16(2)22(23(27)30-25(3,4)5)26-24(28)29-15-21-19-13-9-7-11-17(19)18-12-8-10-14-20(18)21/h7-14,16,21-22H,6,15H2,1-5H3,(H,26,28)/t16-,22-/m1/s1. The molecule has 0 aliphatic heterocycles. The van der Waals surface area contributed by atoms with E-state index in [1.165, 1.54) is 11.1 Å². The fourth-order valence-electron chi connectivity index (χ4n) is 3.80. The van der Waals surface area contributed by atoms with Crippen LogP contribution in [0.5, 0.6) is 0 Å². The van der Waals surface area contributed by atoms with Gasteiger partial charge in [-0.25, -0.2) is 9.59 Å². The summed E-state index contributed by atoms with van der Waals surface area (Å²) in [5.74, 6) is -0.530. The Morgan fingerprint density at radius 2 is 1.53 bits per heavy atom. The van der Waals surface area contributed by atoms with Crippen LogP contribution in [0.15, 0.2) is 48.5 Å². The molecule has 1 aliphatic rings. The summed E-state index contributed by atoms with van der Waals surface area (Å²) in [5, 5.41) is 2.73. The highest BCUT2D eigenvalue weighted by molar-refractivity contribution is 5.82. The molecule has 0 saturated carbocycles. The number of amides is 1. The summed E-state index contributed by atoms with van der Waals surface area (Å²) in [7, 11) is 0. The summed E-state index contributed by atoms with van der Waals surface area (Å²) in [5.41, 5.74) is 4.03. The minimum atomic E-state index is -0.745. The number of rotatable bonds is 6. The molecular formula is C25H31NO4. The number of esters is 1. The van der Waals surface area contributed by atoms with Crippen molar-refractivity contribution in [3.05, 3.63) is 59.7 Å². The molecule has 0 unspecified atom stereocenters. The second-order valence-electron chi connectivity index (χ2n) is 8.87. The van der Waals surface area contributed by atoms with Crippen molar-refractivity contribution in [2.45, 2.75) is 58.6 Å². The minimum absolute atomic E-state index is 0.0216. The van der Waals surface area contributed by atoms with Gasteiger partial charge in [-0.15, -0.1) is 0 Å². The van der Waals surface area contributed by atoms with E-state index in [0.29, 0.717) is 0 Å². The van der Waals surface area contributed by atoms with Crippen molar-refractivity contribution < 1.29 is 19.1 Å². The lowest BCUT2D eigenvalue weighted by atomic mass is 9.98. The number of ether oxygens (including phenoxy) is 2. The quantitative estimate of drug-likeness (QED) is 0.659. The van der Waals surface area contributed by atoms with Crippen LogP contribution in [0.1, 0.15) is 58.1 Å². The number of alkyl carbamates (subject to hydrolysis) is 1. The SMILES string of the molecule is CC[C@@H](C)[C@@H](NC(=O)OCC1c2ccccc2-c2ccccc21)C(=O)OC(C)(C)C. The number of carbonyl (C=O) groups is 2. The van der Waals surface area contributed by atoms with E-state index in [1.54, 1.807) is 0 Å². The number of carbonyl (C=O) groups excluding carboxylic acids is 2. The van der Waals surface area contributed by atoms with E-state index in [4.69, 9.17) is 9.47 Å². The zero-order valence-corrected chi connectivity index (χ0v) is 18.4. The number of hydrogen-bond acceptors (Lipinski definition) is 4. The van der Waals surface area contributed by atoms with E-state index in [0.717, 1.165) is 17.5 Å². The van der Waals surface area contributed by atoms with E-state index >= 15 is 0 Å². The van der Waals surface area contributed by atoms with Gasteiger partial charge in [0.15, 0.2) is 0 Å². The minimum Gasteiger partial charge on any atom is -0.458 e. The second kappa shape index (κ2) is 8.90. The third kappa shape index (κ3) is 4.84. The first-order valence-corrected chi connectivity index (χ1v) is 10.6. The Hall–Kier alpha value is -2.82. The molecule has 160 valence electrons. The van der Waals surface area contributed by atoms with Gasteiger partial charge in [-0.2, -0.15) is 0 Å². The van der Waals surface area contributed by atoms with Crippen molar-refractivity contribution in [1.29, 1.82) is 0 Å². The third-order valence-corrected chi connectivity index (χ3v) is 5.49. The Morgan fingerprint density at radius 1 is 1.00 bits per heavy atom. The highest BCUT2D eigenvalue weighted by Gasteiger charge is 2.32. The summed E-state index contributed by atoms with van der Waals surface area (Å²) in [6, 6.07) is 15.6. The van der Waals surface area contributed by atoms with Crippen LogP contribution in [-0.2, 0) is 14.3 Å². The van der Waals surface area contributed by atoms with Crippen LogP contribution in [0, 0.1) is 5.92 Å². The molecule has 1 amide bonds. The van der Waals surface area contributed by atoms with Gasteiger partial charge < -0.3 is 14.8 Å². The molecule has 2 atom stereocenters. The average Bonchev–Trinajstić information content (AvgIpc) is 3.02. The molecule has 0 radical (unpaired) electrons. The summed E-state index contributed by atoms with van der Waals surface area (Å²) in [6.07, 6.45) is 0.126. The summed E-state index contributed by atoms with van der Waals surface area (Å²) < 4.78 is 11.1. The fraction of sp³-hybridized carbons (Fsp3) is 0.440. The van der Waals surface area contributed by atoms with Crippen molar-refractivity contribution in [3.8, 4) is 11.1 Å². The van der Waals surface area contributed by atoms with E-state index in [9.17, 15) is 9.59 Å². The van der Waals surface area contributed by atoms with Crippen molar-refractivity contribution in [1.82, 2.24) is 5.32 Å². The Bertz CT molecular complexity index is 870. The Kier molecular flexibility index (Phi) is 6.49. The zero-order chi connectivity index (χ0) is 21.9. The van der Waals surface area contributed by atoms with Crippen LogP contribution < -0.4 is 5.32 Å². The molecule has 0 spiro atoms. The average molecular weight is 410 g/mol. The van der Waals surface area contributed by atoms with Gasteiger partial charge in [0.1, 0.15) is 18.2 Å². The van der Waals surface area contributed by atoms with Gasteiger partial charge in [0.25, 0.3) is 0 Å². The van der Waals surface area contributed by atoms with Crippen LogP contribution in [-0.4, -0.2) is 30.3 Å². The van der Waals surface area contributed by atoms with Crippen molar-refractivity contribution in [2.24, 2.45) is 5.92 Å². The largest absolute Gasteiger partial charge is 0.458 e. The predicted molar refractivity (Wildman–Crippen MR) is 117 cm³/mol. The van der Waals surface area contributed by atoms with E-state index < -0.39 is 23.7 Å². The molecule has 2 aromatic rings. The van der Waals surface area contributed by atoms with Crippen LogP contribution in [0.3, 0.4) is 0 Å². The molecule has 0 heterocycles. The van der Waals surface area contributed by atoms with E-state index in [2.05, 4.69) is 29.6 Å². The third-order valence-electron chi connectivity index (χ3n) is 5.49.